The van der Waals surface area contributed by atoms with E-state index in [9.17, 15) is 0 Å². The molecule has 3 heteroatoms. The fourth-order valence-electron chi connectivity index (χ4n) is 1.67. The Labute approximate surface area is 105 Å². The molecular formula is C14H24N2O. The van der Waals surface area contributed by atoms with Crippen LogP contribution in [0.1, 0.15) is 26.3 Å². The molecule has 0 unspecified atom stereocenters. The second-order valence-electron chi connectivity index (χ2n) is 4.42. The average molecular weight is 236 g/mol. The summed E-state index contributed by atoms with van der Waals surface area (Å²) >= 11 is 0. The standard InChI is InChI=1S/C14H24N2O/c1-5-12-6-7-14(17-4)13(10-12)16-9-8-15-11(2)3/h6-7,10-11,15-16H,5,8-9H2,1-4H3. The third kappa shape index (κ3) is 4.65. The Bertz CT molecular complexity index is 337. The molecule has 0 aliphatic rings. The summed E-state index contributed by atoms with van der Waals surface area (Å²) < 4.78 is 5.34. The minimum atomic E-state index is 0.528. The van der Waals surface area contributed by atoms with E-state index >= 15 is 0 Å². The van der Waals surface area contributed by atoms with E-state index in [4.69, 9.17) is 4.74 Å². The molecule has 0 aliphatic carbocycles. The van der Waals surface area contributed by atoms with Gasteiger partial charge in [0, 0.05) is 19.1 Å². The Morgan fingerprint density at radius 2 is 2.00 bits per heavy atom. The Morgan fingerprint density at radius 1 is 1.24 bits per heavy atom. The molecule has 0 radical (unpaired) electrons. The molecular weight excluding hydrogens is 212 g/mol. The van der Waals surface area contributed by atoms with Crippen molar-refractivity contribution in [2.45, 2.75) is 33.2 Å². The molecule has 0 bridgehead atoms. The first kappa shape index (κ1) is 13.8. The molecule has 0 aliphatic heterocycles. The van der Waals surface area contributed by atoms with Gasteiger partial charge >= 0.3 is 0 Å². The van der Waals surface area contributed by atoms with Crippen molar-refractivity contribution in [2.24, 2.45) is 0 Å². The molecule has 2 N–H and O–H groups in total. The highest BCUT2D eigenvalue weighted by atomic mass is 16.5. The van der Waals surface area contributed by atoms with Crippen LogP contribution in [0.2, 0.25) is 0 Å². The largest absolute Gasteiger partial charge is 0.495 e. The van der Waals surface area contributed by atoms with Crippen molar-refractivity contribution in [1.29, 1.82) is 0 Å². The normalized spacial score (nSPS) is 10.6. The molecule has 1 aromatic carbocycles. The summed E-state index contributed by atoms with van der Waals surface area (Å²) in [4.78, 5) is 0. The van der Waals surface area contributed by atoms with E-state index in [-0.39, 0.29) is 0 Å². The van der Waals surface area contributed by atoms with Gasteiger partial charge in [0.05, 0.1) is 12.8 Å². The maximum Gasteiger partial charge on any atom is 0.141 e. The van der Waals surface area contributed by atoms with E-state index in [0.717, 1.165) is 30.9 Å². The summed E-state index contributed by atoms with van der Waals surface area (Å²) in [6.45, 7) is 8.32. The predicted octanol–water partition coefficient (Wildman–Crippen LogP) is 2.67. The fourth-order valence-corrected chi connectivity index (χ4v) is 1.67. The van der Waals surface area contributed by atoms with Gasteiger partial charge in [-0.15, -0.1) is 0 Å². The van der Waals surface area contributed by atoms with Gasteiger partial charge in [0.1, 0.15) is 5.75 Å². The Balaban J connectivity index is 2.55. The molecule has 0 heterocycles. The van der Waals surface area contributed by atoms with E-state index in [1.165, 1.54) is 5.56 Å². The summed E-state index contributed by atoms with van der Waals surface area (Å²) in [6.07, 6.45) is 1.04. The zero-order valence-electron chi connectivity index (χ0n) is 11.3. The molecule has 17 heavy (non-hydrogen) atoms. The molecule has 3 nitrogen and oxygen atoms in total. The van der Waals surface area contributed by atoms with Crippen molar-refractivity contribution in [1.82, 2.24) is 5.32 Å². The summed E-state index contributed by atoms with van der Waals surface area (Å²) in [5.41, 5.74) is 2.41. The van der Waals surface area contributed by atoms with E-state index < -0.39 is 0 Å². The van der Waals surface area contributed by atoms with E-state index in [1.807, 2.05) is 6.07 Å². The molecule has 0 amide bonds. The van der Waals surface area contributed by atoms with Crippen molar-refractivity contribution >= 4 is 5.69 Å². The Morgan fingerprint density at radius 3 is 2.59 bits per heavy atom. The highest BCUT2D eigenvalue weighted by molar-refractivity contribution is 5.58. The number of methoxy groups -OCH3 is 1. The van der Waals surface area contributed by atoms with Crippen LogP contribution < -0.4 is 15.4 Å². The summed E-state index contributed by atoms with van der Waals surface area (Å²) in [7, 11) is 1.71. The van der Waals surface area contributed by atoms with E-state index in [0.29, 0.717) is 6.04 Å². The van der Waals surface area contributed by atoms with Gasteiger partial charge in [-0.25, -0.2) is 0 Å². The number of ether oxygens (including phenoxy) is 1. The lowest BCUT2D eigenvalue weighted by atomic mass is 10.1. The van der Waals surface area contributed by atoms with Crippen LogP contribution in [0.15, 0.2) is 18.2 Å². The first-order valence-electron chi connectivity index (χ1n) is 6.31. The Hall–Kier alpha value is -1.22. The van der Waals surface area contributed by atoms with Crippen LogP contribution in [0.25, 0.3) is 0 Å². The molecule has 1 rings (SSSR count). The fraction of sp³-hybridized carbons (Fsp3) is 0.571. The maximum atomic E-state index is 5.34. The zero-order valence-corrected chi connectivity index (χ0v) is 11.3. The van der Waals surface area contributed by atoms with Gasteiger partial charge in [0.2, 0.25) is 0 Å². The highest BCUT2D eigenvalue weighted by Gasteiger charge is 2.03. The summed E-state index contributed by atoms with van der Waals surface area (Å²) in [6, 6.07) is 6.82. The molecule has 0 saturated heterocycles. The predicted molar refractivity (Wildman–Crippen MR) is 74.0 cm³/mol. The van der Waals surface area contributed by atoms with Gasteiger partial charge in [-0.3, -0.25) is 0 Å². The lowest BCUT2D eigenvalue weighted by Crippen LogP contribution is -2.28. The smallest absolute Gasteiger partial charge is 0.141 e. The van der Waals surface area contributed by atoms with Gasteiger partial charge in [0.25, 0.3) is 0 Å². The van der Waals surface area contributed by atoms with Crippen molar-refractivity contribution in [3.63, 3.8) is 0 Å². The minimum Gasteiger partial charge on any atom is -0.495 e. The first-order valence-corrected chi connectivity index (χ1v) is 6.31. The highest BCUT2D eigenvalue weighted by Crippen LogP contribution is 2.25. The minimum absolute atomic E-state index is 0.528. The topological polar surface area (TPSA) is 33.3 Å². The van der Waals surface area contributed by atoms with Gasteiger partial charge in [-0.05, 0) is 24.1 Å². The maximum absolute atomic E-state index is 5.34. The van der Waals surface area contributed by atoms with Crippen LogP contribution in [-0.4, -0.2) is 26.2 Å². The number of anilines is 1. The molecule has 0 fully saturated rings. The molecule has 1 aromatic rings. The summed E-state index contributed by atoms with van der Waals surface area (Å²) in [5, 5.41) is 6.79. The SMILES string of the molecule is CCc1ccc(OC)c(NCCNC(C)C)c1. The van der Waals surface area contributed by atoms with Crippen LogP contribution in [0.4, 0.5) is 5.69 Å². The van der Waals surface area contributed by atoms with Crippen LogP contribution in [0.5, 0.6) is 5.75 Å². The van der Waals surface area contributed by atoms with Crippen LogP contribution in [0, 0.1) is 0 Å². The second-order valence-corrected chi connectivity index (χ2v) is 4.42. The van der Waals surface area contributed by atoms with Crippen molar-refractivity contribution < 1.29 is 4.74 Å². The van der Waals surface area contributed by atoms with Gasteiger partial charge < -0.3 is 15.4 Å². The van der Waals surface area contributed by atoms with Gasteiger partial charge in [0.15, 0.2) is 0 Å². The van der Waals surface area contributed by atoms with Gasteiger partial charge in [-0.2, -0.15) is 0 Å². The number of benzene rings is 1. The summed E-state index contributed by atoms with van der Waals surface area (Å²) in [5.74, 6) is 0.909. The molecule has 0 saturated carbocycles. The molecule has 96 valence electrons. The van der Waals surface area contributed by atoms with Crippen molar-refractivity contribution in [2.75, 3.05) is 25.5 Å². The quantitative estimate of drug-likeness (QED) is 0.714. The van der Waals surface area contributed by atoms with Crippen molar-refractivity contribution in [3.8, 4) is 5.75 Å². The second kappa shape index (κ2) is 7.17. The van der Waals surface area contributed by atoms with E-state index in [2.05, 4.69) is 43.5 Å². The average Bonchev–Trinajstić information content (AvgIpc) is 2.34. The number of rotatable bonds is 7. The monoisotopic (exact) mass is 236 g/mol. The zero-order chi connectivity index (χ0) is 12.7. The third-order valence-corrected chi connectivity index (χ3v) is 2.67. The number of hydrogen-bond acceptors (Lipinski definition) is 3. The molecule has 0 aromatic heterocycles. The number of hydrogen-bond donors (Lipinski definition) is 2. The lowest BCUT2D eigenvalue weighted by Gasteiger charge is -2.14. The first-order chi connectivity index (χ1) is 8.17. The molecule has 0 atom stereocenters. The van der Waals surface area contributed by atoms with Crippen molar-refractivity contribution in [3.05, 3.63) is 23.8 Å². The van der Waals surface area contributed by atoms with E-state index in [1.54, 1.807) is 7.11 Å². The number of aryl methyl sites for hydroxylation is 1. The number of nitrogens with one attached hydrogen (secondary N) is 2. The Kier molecular flexibility index (Phi) is 5.84. The third-order valence-electron chi connectivity index (χ3n) is 2.67. The lowest BCUT2D eigenvalue weighted by molar-refractivity contribution is 0.416. The van der Waals surface area contributed by atoms with Crippen LogP contribution in [0.3, 0.4) is 0 Å². The van der Waals surface area contributed by atoms with Gasteiger partial charge in [-0.1, -0.05) is 26.8 Å². The van der Waals surface area contributed by atoms with Crippen LogP contribution in [-0.2, 0) is 6.42 Å². The molecule has 0 spiro atoms. The van der Waals surface area contributed by atoms with Crippen LogP contribution >= 0.6 is 0 Å².